The number of methoxy groups -OCH3 is 1. The van der Waals surface area contributed by atoms with E-state index in [0.717, 1.165) is 33.7 Å². The highest BCUT2D eigenvalue weighted by Crippen LogP contribution is 2.32. The summed E-state index contributed by atoms with van der Waals surface area (Å²) in [6.07, 6.45) is 0. The van der Waals surface area contributed by atoms with Crippen LogP contribution in [0.25, 0.3) is 17.1 Å². The van der Waals surface area contributed by atoms with Crippen molar-refractivity contribution in [1.82, 2.24) is 14.8 Å². The summed E-state index contributed by atoms with van der Waals surface area (Å²) in [4.78, 5) is 0. The zero-order valence-corrected chi connectivity index (χ0v) is 22.6. The van der Waals surface area contributed by atoms with Crippen molar-refractivity contribution >= 4 is 11.8 Å². The molecule has 0 N–H and O–H groups in total. The van der Waals surface area contributed by atoms with Crippen LogP contribution in [0.15, 0.2) is 78.0 Å². The summed E-state index contributed by atoms with van der Waals surface area (Å²) in [5, 5.41) is 10.1. The molecule has 1 aromatic heterocycles. The quantitative estimate of drug-likeness (QED) is 0.261. The number of nitrogens with zero attached hydrogens (tertiary/aromatic N) is 3. The van der Waals surface area contributed by atoms with E-state index in [0.29, 0.717) is 0 Å². The Hall–Kier alpha value is -3.05. The molecule has 0 aliphatic heterocycles. The molecular weight excluding hydrogens is 450 g/mol. The van der Waals surface area contributed by atoms with Gasteiger partial charge in [0.2, 0.25) is 0 Å². The second-order valence-electron chi connectivity index (χ2n) is 10.9. The lowest BCUT2D eigenvalue weighted by Gasteiger charge is -2.19. The first-order valence-corrected chi connectivity index (χ1v) is 13.0. The third-order valence-corrected chi connectivity index (χ3v) is 7.16. The Labute approximate surface area is 213 Å². The maximum atomic E-state index is 5.37. The van der Waals surface area contributed by atoms with Crippen LogP contribution in [-0.2, 0) is 16.6 Å². The van der Waals surface area contributed by atoms with Gasteiger partial charge in [0.1, 0.15) is 5.75 Å². The molecule has 1 heterocycles. The van der Waals surface area contributed by atoms with E-state index in [9.17, 15) is 0 Å². The van der Waals surface area contributed by atoms with Crippen molar-refractivity contribution in [3.8, 4) is 22.8 Å². The number of benzene rings is 3. The van der Waals surface area contributed by atoms with E-state index in [1.807, 2.05) is 12.1 Å². The summed E-state index contributed by atoms with van der Waals surface area (Å²) < 4.78 is 7.51. The van der Waals surface area contributed by atoms with E-state index in [-0.39, 0.29) is 10.8 Å². The van der Waals surface area contributed by atoms with Crippen molar-refractivity contribution in [2.24, 2.45) is 0 Å². The second-order valence-corrected chi connectivity index (χ2v) is 11.8. The van der Waals surface area contributed by atoms with Crippen molar-refractivity contribution in [3.63, 3.8) is 0 Å². The van der Waals surface area contributed by atoms with E-state index in [1.165, 1.54) is 16.7 Å². The molecule has 35 heavy (non-hydrogen) atoms. The Bertz CT molecular complexity index is 1260. The summed E-state index contributed by atoms with van der Waals surface area (Å²) in [5.41, 5.74) is 6.21. The van der Waals surface area contributed by atoms with Gasteiger partial charge in [0.15, 0.2) is 11.0 Å². The zero-order chi connectivity index (χ0) is 25.2. The van der Waals surface area contributed by atoms with E-state index in [1.54, 1.807) is 18.9 Å². The minimum absolute atomic E-state index is 0.103. The van der Waals surface area contributed by atoms with E-state index in [2.05, 4.69) is 117 Å². The fraction of sp³-hybridized carbons (Fsp3) is 0.333. The number of aromatic nitrogens is 3. The lowest BCUT2D eigenvalue weighted by Crippen LogP contribution is -2.10. The largest absolute Gasteiger partial charge is 0.497 e. The molecule has 5 heteroatoms. The van der Waals surface area contributed by atoms with Crippen LogP contribution in [-0.4, -0.2) is 21.9 Å². The molecule has 0 bridgehead atoms. The molecule has 0 atom stereocenters. The van der Waals surface area contributed by atoms with Crippen LogP contribution in [0.2, 0.25) is 0 Å². The standard InChI is InChI=1S/C30H35N3OS/c1-29(2,3)23-12-8-21(9-13-23)20-35-28-32-31-27(22-10-14-24(15-11-22)30(4,5)6)33(28)25-16-18-26(34-7)19-17-25/h8-19H,20H2,1-7H3. The van der Waals surface area contributed by atoms with Gasteiger partial charge < -0.3 is 4.74 Å². The summed E-state index contributed by atoms with van der Waals surface area (Å²) in [6.45, 7) is 13.4. The van der Waals surface area contributed by atoms with Crippen LogP contribution in [0.3, 0.4) is 0 Å². The van der Waals surface area contributed by atoms with Gasteiger partial charge in [0.25, 0.3) is 0 Å². The lowest BCUT2D eigenvalue weighted by atomic mass is 9.87. The predicted octanol–water partition coefficient (Wildman–Crippen LogP) is 7.83. The first-order valence-electron chi connectivity index (χ1n) is 12.0. The smallest absolute Gasteiger partial charge is 0.196 e. The van der Waals surface area contributed by atoms with Crippen LogP contribution in [0.5, 0.6) is 5.75 Å². The molecule has 0 aliphatic rings. The average molecular weight is 486 g/mol. The van der Waals surface area contributed by atoms with Gasteiger partial charge in [-0.15, -0.1) is 10.2 Å². The number of hydrogen-bond acceptors (Lipinski definition) is 4. The molecule has 0 spiro atoms. The first kappa shape index (κ1) is 25.1. The zero-order valence-electron chi connectivity index (χ0n) is 21.8. The van der Waals surface area contributed by atoms with Gasteiger partial charge in [0.05, 0.1) is 7.11 Å². The van der Waals surface area contributed by atoms with Gasteiger partial charge in [-0.05, 0) is 51.8 Å². The predicted molar refractivity (Wildman–Crippen MR) is 147 cm³/mol. The summed E-state index contributed by atoms with van der Waals surface area (Å²) in [7, 11) is 1.68. The van der Waals surface area contributed by atoms with Gasteiger partial charge in [-0.25, -0.2) is 0 Å². The second kappa shape index (κ2) is 9.90. The topological polar surface area (TPSA) is 39.9 Å². The van der Waals surface area contributed by atoms with Crippen molar-refractivity contribution in [3.05, 3.63) is 89.5 Å². The molecule has 0 amide bonds. The number of thioether (sulfide) groups is 1. The molecule has 0 fully saturated rings. The van der Waals surface area contributed by atoms with Gasteiger partial charge in [-0.2, -0.15) is 0 Å². The molecule has 3 aromatic carbocycles. The number of rotatable bonds is 6. The van der Waals surface area contributed by atoms with Crippen LogP contribution in [0.1, 0.15) is 58.2 Å². The van der Waals surface area contributed by atoms with Crippen LogP contribution >= 0.6 is 11.8 Å². The molecule has 0 saturated carbocycles. The number of ether oxygens (including phenoxy) is 1. The first-order chi connectivity index (χ1) is 16.6. The van der Waals surface area contributed by atoms with E-state index >= 15 is 0 Å². The third kappa shape index (κ3) is 5.79. The average Bonchev–Trinajstić information content (AvgIpc) is 3.26. The van der Waals surface area contributed by atoms with Crippen molar-refractivity contribution in [2.75, 3.05) is 7.11 Å². The Morgan fingerprint density at radius 3 is 1.77 bits per heavy atom. The highest BCUT2D eigenvalue weighted by molar-refractivity contribution is 7.98. The highest BCUT2D eigenvalue weighted by atomic mass is 32.2. The molecule has 0 aliphatic carbocycles. The monoisotopic (exact) mass is 485 g/mol. The lowest BCUT2D eigenvalue weighted by molar-refractivity contribution is 0.414. The van der Waals surface area contributed by atoms with Gasteiger partial charge in [-0.3, -0.25) is 4.57 Å². The maximum Gasteiger partial charge on any atom is 0.196 e. The van der Waals surface area contributed by atoms with Crippen LogP contribution in [0.4, 0.5) is 0 Å². The molecule has 4 rings (SSSR count). The molecule has 0 saturated heterocycles. The molecule has 0 unspecified atom stereocenters. The molecule has 4 nitrogen and oxygen atoms in total. The summed E-state index contributed by atoms with van der Waals surface area (Å²) in [6, 6.07) is 25.6. The maximum absolute atomic E-state index is 5.37. The minimum Gasteiger partial charge on any atom is -0.497 e. The third-order valence-electron chi connectivity index (χ3n) is 6.16. The normalized spacial score (nSPS) is 12.1. The Balaban J connectivity index is 1.67. The fourth-order valence-electron chi connectivity index (χ4n) is 3.88. The Kier molecular flexibility index (Phi) is 7.09. The molecule has 4 aromatic rings. The SMILES string of the molecule is COc1ccc(-n2c(SCc3ccc(C(C)(C)C)cc3)nnc2-c2ccc(C(C)(C)C)cc2)cc1. The van der Waals surface area contributed by atoms with Crippen molar-refractivity contribution in [2.45, 2.75) is 63.3 Å². The minimum atomic E-state index is 0.103. The molecular formula is C30H35N3OS. The highest BCUT2D eigenvalue weighted by Gasteiger charge is 2.19. The fourth-order valence-corrected chi connectivity index (χ4v) is 4.79. The number of hydrogen-bond donors (Lipinski definition) is 0. The van der Waals surface area contributed by atoms with Crippen molar-refractivity contribution in [1.29, 1.82) is 0 Å². The summed E-state index contributed by atoms with van der Waals surface area (Å²) >= 11 is 1.70. The van der Waals surface area contributed by atoms with Crippen molar-refractivity contribution < 1.29 is 4.74 Å². The van der Waals surface area contributed by atoms with E-state index < -0.39 is 0 Å². The van der Waals surface area contributed by atoms with Gasteiger partial charge >= 0.3 is 0 Å². The van der Waals surface area contributed by atoms with Gasteiger partial charge in [-0.1, -0.05) is 102 Å². The molecule has 0 radical (unpaired) electrons. The van der Waals surface area contributed by atoms with E-state index in [4.69, 9.17) is 4.74 Å². The van der Waals surface area contributed by atoms with Gasteiger partial charge in [0, 0.05) is 17.0 Å². The van der Waals surface area contributed by atoms with Crippen LogP contribution < -0.4 is 4.74 Å². The van der Waals surface area contributed by atoms with Crippen LogP contribution in [0, 0.1) is 0 Å². The molecule has 182 valence electrons. The Morgan fingerprint density at radius 2 is 1.26 bits per heavy atom. The Morgan fingerprint density at radius 1 is 0.714 bits per heavy atom. The summed E-state index contributed by atoms with van der Waals surface area (Å²) in [5.74, 6) is 2.48.